The monoisotopic (exact) mass is 413 g/mol. The number of hydrogen-bond donors (Lipinski definition) is 1. The number of nitrogens with one attached hydrogen (secondary N) is 1. The van der Waals surface area contributed by atoms with Crippen LogP contribution >= 0.6 is 0 Å². The molecule has 29 heavy (non-hydrogen) atoms. The topological polar surface area (TPSA) is 83.1 Å². The fourth-order valence-electron chi connectivity index (χ4n) is 2.41. The van der Waals surface area contributed by atoms with Gasteiger partial charge < -0.3 is 24.3 Å². The van der Waals surface area contributed by atoms with Crippen molar-refractivity contribution in [3.63, 3.8) is 0 Å². The Morgan fingerprint density at radius 1 is 0.931 bits per heavy atom. The van der Waals surface area contributed by atoms with Crippen LogP contribution in [0.4, 0.5) is 18.9 Å². The first-order valence-corrected chi connectivity index (χ1v) is 8.18. The van der Waals surface area contributed by atoms with Gasteiger partial charge in [-0.25, -0.2) is 13.2 Å². The summed E-state index contributed by atoms with van der Waals surface area (Å²) in [6.45, 7) is -0.748. The molecule has 0 radical (unpaired) electrons. The van der Waals surface area contributed by atoms with Crippen LogP contribution in [0, 0.1) is 17.5 Å². The minimum Gasteiger partial charge on any atom is -0.493 e. The predicted molar refractivity (Wildman–Crippen MR) is 95.7 cm³/mol. The van der Waals surface area contributed by atoms with E-state index in [-0.39, 0.29) is 6.42 Å². The summed E-state index contributed by atoms with van der Waals surface area (Å²) in [6.07, 6.45) is -0.219. The van der Waals surface area contributed by atoms with Gasteiger partial charge in [0.1, 0.15) is 0 Å². The largest absolute Gasteiger partial charge is 0.493 e. The van der Waals surface area contributed by atoms with Crippen LogP contribution in [-0.4, -0.2) is 39.8 Å². The number of hydrogen-bond acceptors (Lipinski definition) is 6. The molecule has 0 atom stereocenters. The van der Waals surface area contributed by atoms with Crippen molar-refractivity contribution in [2.45, 2.75) is 6.42 Å². The molecule has 10 heteroatoms. The first-order chi connectivity index (χ1) is 13.8. The zero-order valence-electron chi connectivity index (χ0n) is 15.8. The second-order valence-corrected chi connectivity index (χ2v) is 5.64. The molecule has 0 spiro atoms. The number of anilines is 1. The van der Waals surface area contributed by atoms with Crippen molar-refractivity contribution < 1.29 is 41.7 Å². The smallest absolute Gasteiger partial charge is 0.310 e. The molecule has 0 fully saturated rings. The number of methoxy groups -OCH3 is 3. The van der Waals surface area contributed by atoms with E-state index in [2.05, 4.69) is 0 Å². The lowest BCUT2D eigenvalue weighted by atomic mass is 10.1. The maximum absolute atomic E-state index is 13.5. The highest BCUT2D eigenvalue weighted by Crippen LogP contribution is 2.38. The Morgan fingerprint density at radius 2 is 1.55 bits per heavy atom. The van der Waals surface area contributed by atoms with E-state index < -0.39 is 41.6 Å². The average Bonchev–Trinajstić information content (AvgIpc) is 2.71. The summed E-state index contributed by atoms with van der Waals surface area (Å²) in [7, 11) is 4.27. The van der Waals surface area contributed by atoms with Crippen LogP contribution in [0.25, 0.3) is 0 Å². The molecule has 0 aliphatic heterocycles. The molecule has 0 aliphatic rings. The maximum Gasteiger partial charge on any atom is 0.310 e. The Balaban J connectivity index is 1.98. The predicted octanol–water partition coefficient (Wildman–Crippen LogP) is 2.85. The first kappa shape index (κ1) is 21.9. The van der Waals surface area contributed by atoms with Gasteiger partial charge in [0.15, 0.2) is 35.6 Å². The molecule has 0 aliphatic carbocycles. The highest BCUT2D eigenvalue weighted by atomic mass is 19.2. The zero-order chi connectivity index (χ0) is 21.6. The molecule has 0 saturated carbocycles. The molecule has 0 heterocycles. The first-order valence-electron chi connectivity index (χ1n) is 8.18. The Kier molecular flexibility index (Phi) is 7.29. The molecule has 0 saturated heterocycles. The van der Waals surface area contributed by atoms with Gasteiger partial charge in [-0.2, -0.15) is 0 Å². The van der Waals surface area contributed by atoms with Crippen LogP contribution < -0.4 is 19.5 Å². The van der Waals surface area contributed by atoms with Crippen molar-refractivity contribution >= 4 is 17.6 Å². The highest BCUT2D eigenvalue weighted by Gasteiger charge is 2.18. The fraction of sp³-hybridized carbons (Fsp3) is 0.263. The van der Waals surface area contributed by atoms with Crippen molar-refractivity contribution in [3.05, 3.63) is 47.3 Å². The molecule has 2 aromatic rings. The Bertz CT molecular complexity index is 894. The van der Waals surface area contributed by atoms with Gasteiger partial charge in [0, 0.05) is 0 Å². The minimum absolute atomic E-state index is 0.219. The number of esters is 1. The zero-order valence-corrected chi connectivity index (χ0v) is 15.8. The van der Waals surface area contributed by atoms with Crippen LogP contribution in [-0.2, 0) is 20.7 Å². The Labute approximate surface area is 164 Å². The van der Waals surface area contributed by atoms with Gasteiger partial charge in [0.25, 0.3) is 5.91 Å². The number of carbonyl (C=O) groups excluding carboxylic acids is 2. The van der Waals surface area contributed by atoms with E-state index in [9.17, 15) is 22.8 Å². The van der Waals surface area contributed by atoms with Crippen LogP contribution in [0.3, 0.4) is 0 Å². The van der Waals surface area contributed by atoms with E-state index in [0.29, 0.717) is 28.9 Å². The summed E-state index contributed by atoms with van der Waals surface area (Å²) >= 11 is 0. The maximum atomic E-state index is 13.5. The van der Waals surface area contributed by atoms with E-state index in [1.807, 2.05) is 5.32 Å². The summed E-state index contributed by atoms with van der Waals surface area (Å²) in [6, 6.07) is 4.59. The normalized spacial score (nSPS) is 10.3. The number of halogens is 3. The van der Waals surface area contributed by atoms with Gasteiger partial charge in [-0.1, -0.05) is 0 Å². The van der Waals surface area contributed by atoms with Crippen LogP contribution in [0.5, 0.6) is 17.2 Å². The highest BCUT2D eigenvalue weighted by molar-refractivity contribution is 5.93. The molecule has 2 aromatic carbocycles. The summed E-state index contributed by atoms with van der Waals surface area (Å²) in [5.41, 5.74) is -0.105. The fourth-order valence-corrected chi connectivity index (χ4v) is 2.41. The summed E-state index contributed by atoms with van der Waals surface area (Å²) in [5, 5.41) is 1.99. The number of carbonyl (C=O) groups is 2. The molecule has 1 N–H and O–H groups in total. The van der Waals surface area contributed by atoms with Gasteiger partial charge in [-0.15, -0.1) is 0 Å². The van der Waals surface area contributed by atoms with Crippen LogP contribution in [0.1, 0.15) is 5.56 Å². The lowest BCUT2D eigenvalue weighted by Crippen LogP contribution is -2.22. The summed E-state index contributed by atoms with van der Waals surface area (Å²) in [5.74, 6) is -5.34. The third kappa shape index (κ3) is 5.31. The Morgan fingerprint density at radius 3 is 2.10 bits per heavy atom. The molecule has 0 bridgehead atoms. The standard InChI is InChI=1S/C19H18F3NO6/c1-26-13-6-10(7-14(27-2)19(13)28-3)8-16(25)29-9-15(24)23-12-5-4-11(20)17(21)18(12)22/h4-7H,8-9H2,1-3H3,(H,23,24). The van der Waals surface area contributed by atoms with E-state index >= 15 is 0 Å². The molecule has 2 rings (SSSR count). The minimum atomic E-state index is -1.72. The molecule has 1 amide bonds. The SMILES string of the molecule is COc1cc(CC(=O)OCC(=O)Nc2ccc(F)c(F)c2F)cc(OC)c1OC. The quantitative estimate of drug-likeness (QED) is 0.529. The van der Waals surface area contributed by atoms with E-state index in [0.717, 1.165) is 6.07 Å². The third-order valence-corrected chi connectivity index (χ3v) is 3.75. The molecular formula is C19H18F3NO6. The van der Waals surface area contributed by atoms with Gasteiger partial charge in [-0.3, -0.25) is 9.59 Å². The number of rotatable bonds is 8. The Hall–Kier alpha value is -3.43. The second-order valence-electron chi connectivity index (χ2n) is 5.64. The molecule has 156 valence electrons. The van der Waals surface area contributed by atoms with Crippen molar-refractivity contribution in [1.82, 2.24) is 0 Å². The molecule has 7 nitrogen and oxygen atoms in total. The van der Waals surface area contributed by atoms with Crippen molar-refractivity contribution in [2.24, 2.45) is 0 Å². The van der Waals surface area contributed by atoms with E-state index in [4.69, 9.17) is 18.9 Å². The molecule has 0 aromatic heterocycles. The van der Waals surface area contributed by atoms with Gasteiger partial charge >= 0.3 is 5.97 Å². The van der Waals surface area contributed by atoms with Crippen LogP contribution in [0.2, 0.25) is 0 Å². The lowest BCUT2D eigenvalue weighted by molar-refractivity contribution is -0.146. The molecule has 0 unspecified atom stereocenters. The summed E-state index contributed by atoms with van der Waals surface area (Å²) < 4.78 is 60.0. The van der Waals surface area contributed by atoms with Gasteiger partial charge in [0.05, 0.1) is 33.4 Å². The number of amides is 1. The van der Waals surface area contributed by atoms with Crippen molar-refractivity contribution in [1.29, 1.82) is 0 Å². The van der Waals surface area contributed by atoms with Crippen molar-refractivity contribution in [2.75, 3.05) is 33.3 Å². The lowest BCUT2D eigenvalue weighted by Gasteiger charge is -2.14. The van der Waals surface area contributed by atoms with Crippen LogP contribution in [0.15, 0.2) is 24.3 Å². The van der Waals surface area contributed by atoms with E-state index in [1.165, 1.54) is 21.3 Å². The van der Waals surface area contributed by atoms with Crippen molar-refractivity contribution in [3.8, 4) is 17.2 Å². The average molecular weight is 413 g/mol. The molecular weight excluding hydrogens is 395 g/mol. The van der Waals surface area contributed by atoms with E-state index in [1.54, 1.807) is 12.1 Å². The van der Waals surface area contributed by atoms with Gasteiger partial charge in [-0.05, 0) is 29.8 Å². The number of ether oxygens (including phenoxy) is 4. The van der Waals surface area contributed by atoms with Gasteiger partial charge in [0.2, 0.25) is 5.75 Å². The third-order valence-electron chi connectivity index (χ3n) is 3.75. The second kappa shape index (κ2) is 9.67. The number of benzene rings is 2. The summed E-state index contributed by atoms with van der Waals surface area (Å²) in [4.78, 5) is 23.8.